The van der Waals surface area contributed by atoms with Crippen LogP contribution in [0, 0.1) is 19.3 Å². The molecule has 11 heteroatoms. The number of amides is 1. The number of ether oxygens (including phenoxy) is 1. The smallest absolute Gasteiger partial charge is 0.309 e. The molecule has 3 aliphatic rings. The number of piperazine rings is 1. The van der Waals surface area contributed by atoms with E-state index in [-0.39, 0.29) is 17.5 Å². The summed E-state index contributed by atoms with van der Waals surface area (Å²) in [5.41, 5.74) is 0.638. The molecular weight excluding hydrogens is 533 g/mol. The van der Waals surface area contributed by atoms with E-state index < -0.39 is 29.4 Å². The summed E-state index contributed by atoms with van der Waals surface area (Å²) < 4.78 is 49.8. The van der Waals surface area contributed by atoms with Crippen LogP contribution < -0.4 is 15.1 Å². The van der Waals surface area contributed by atoms with Gasteiger partial charge in [0.15, 0.2) is 5.49 Å². The minimum atomic E-state index is -2.92. The second kappa shape index (κ2) is 10.1. The second-order valence-electron chi connectivity index (χ2n) is 11.1. The molecule has 1 aromatic heterocycles. The van der Waals surface area contributed by atoms with Crippen molar-refractivity contribution in [3.05, 3.63) is 70.0 Å². The van der Waals surface area contributed by atoms with E-state index in [9.17, 15) is 18.0 Å². The largest absolute Gasteiger partial charge is 0.491 e. The van der Waals surface area contributed by atoms with Gasteiger partial charge in [0.1, 0.15) is 17.4 Å². The third kappa shape index (κ3) is 4.59. The molecule has 2 aromatic carbocycles. The van der Waals surface area contributed by atoms with Crippen LogP contribution in [0.4, 0.5) is 18.9 Å². The van der Waals surface area contributed by atoms with E-state index in [2.05, 4.69) is 9.74 Å². The SMILES string of the molecule is [C-]#[N+]C1(C(=O)N2CCN3c4cc5c(=N[C@H](C)c6cccc(C(F)F)c6F)nc(C)n(C)c5cc4OCC[C@@H]3C2)CC1. The van der Waals surface area contributed by atoms with Crippen molar-refractivity contribution in [2.75, 3.05) is 31.1 Å². The van der Waals surface area contributed by atoms with Gasteiger partial charge < -0.3 is 19.1 Å². The average molecular weight is 565 g/mol. The molecule has 0 unspecified atom stereocenters. The molecule has 8 nitrogen and oxygen atoms in total. The quantitative estimate of drug-likeness (QED) is 0.424. The molecule has 2 atom stereocenters. The number of aromatic nitrogens is 2. The molecule has 0 N–H and O–H groups in total. The molecule has 0 radical (unpaired) electrons. The minimum Gasteiger partial charge on any atom is -0.491 e. The predicted octanol–water partition coefficient (Wildman–Crippen LogP) is 4.87. The zero-order valence-corrected chi connectivity index (χ0v) is 23.2. The summed E-state index contributed by atoms with van der Waals surface area (Å²) in [7, 11) is 1.89. The molecule has 214 valence electrons. The summed E-state index contributed by atoms with van der Waals surface area (Å²) >= 11 is 0. The van der Waals surface area contributed by atoms with Gasteiger partial charge in [0.05, 0.1) is 35.5 Å². The Morgan fingerprint density at radius 1 is 1.24 bits per heavy atom. The molecule has 3 aromatic rings. The maximum absolute atomic E-state index is 14.9. The molecule has 1 saturated carbocycles. The number of nitrogens with zero attached hydrogens (tertiary/aromatic N) is 6. The van der Waals surface area contributed by atoms with Crippen molar-refractivity contribution < 1.29 is 22.7 Å². The highest BCUT2D eigenvalue weighted by molar-refractivity contribution is 5.92. The van der Waals surface area contributed by atoms with Crippen LogP contribution in [0.5, 0.6) is 5.75 Å². The lowest BCUT2D eigenvalue weighted by Gasteiger charge is -2.41. The summed E-state index contributed by atoms with van der Waals surface area (Å²) in [4.78, 5) is 30.2. The van der Waals surface area contributed by atoms with Gasteiger partial charge in [0, 0.05) is 63.0 Å². The Bertz CT molecular complexity index is 1660. The van der Waals surface area contributed by atoms with Gasteiger partial charge >= 0.3 is 11.4 Å². The van der Waals surface area contributed by atoms with Crippen LogP contribution >= 0.6 is 0 Å². The fourth-order valence-corrected chi connectivity index (χ4v) is 5.92. The first-order chi connectivity index (χ1) is 19.6. The number of fused-ring (bicyclic) bond motifs is 4. The Labute approximate surface area is 235 Å². The molecule has 1 aliphatic carbocycles. The summed E-state index contributed by atoms with van der Waals surface area (Å²) in [5, 5.41) is 0.724. The number of carbonyl (C=O) groups excluding carboxylic acids is 1. The number of carbonyl (C=O) groups is 1. The lowest BCUT2D eigenvalue weighted by molar-refractivity contribution is -0.133. The molecule has 6 rings (SSSR count). The van der Waals surface area contributed by atoms with Gasteiger partial charge in [-0.05, 0) is 19.9 Å². The molecule has 2 aliphatic heterocycles. The van der Waals surface area contributed by atoms with E-state index in [0.29, 0.717) is 50.4 Å². The van der Waals surface area contributed by atoms with Crippen LogP contribution in [0.3, 0.4) is 0 Å². The topological polar surface area (TPSA) is 67.3 Å². The molecule has 1 amide bonds. The van der Waals surface area contributed by atoms with Crippen LogP contribution in [-0.2, 0) is 11.8 Å². The standard InChI is InChI=1S/C30H31F3N6O2/c1-17(20-6-5-7-21(26(20)31)27(32)33)35-28-22-14-24-25(15-23(22)37(4)18(2)36-28)41-13-8-19-16-38(11-12-39(19)24)29(40)30(34-3)9-10-30/h5-7,14-15,17,19,27H,8-13,16H2,1-2,4H3/t17-,19-/m1/s1. The van der Waals surface area contributed by atoms with E-state index >= 15 is 0 Å². The van der Waals surface area contributed by atoms with Gasteiger partial charge in [-0.25, -0.2) is 24.7 Å². The average Bonchev–Trinajstić information content (AvgIpc) is 3.78. The minimum absolute atomic E-state index is 0.0191. The van der Waals surface area contributed by atoms with E-state index in [1.54, 1.807) is 6.92 Å². The van der Waals surface area contributed by atoms with Gasteiger partial charge in [-0.1, -0.05) is 18.2 Å². The number of anilines is 1. The molecular formula is C30H31F3N6O2. The third-order valence-electron chi connectivity index (χ3n) is 8.62. The highest BCUT2D eigenvalue weighted by Gasteiger charge is 2.60. The van der Waals surface area contributed by atoms with E-state index in [0.717, 1.165) is 34.8 Å². The first-order valence-electron chi connectivity index (χ1n) is 13.8. The lowest BCUT2D eigenvalue weighted by atomic mass is 10.0. The summed E-state index contributed by atoms with van der Waals surface area (Å²) in [5.74, 6) is 0.374. The van der Waals surface area contributed by atoms with Crippen molar-refractivity contribution >= 4 is 22.5 Å². The third-order valence-corrected chi connectivity index (χ3v) is 8.62. The van der Waals surface area contributed by atoms with Crippen molar-refractivity contribution in [2.24, 2.45) is 12.0 Å². The molecule has 1 saturated heterocycles. The van der Waals surface area contributed by atoms with E-state index in [1.807, 2.05) is 35.6 Å². The monoisotopic (exact) mass is 564 g/mol. The van der Waals surface area contributed by atoms with Crippen LogP contribution in [0.1, 0.15) is 55.6 Å². The van der Waals surface area contributed by atoms with Gasteiger partial charge in [-0.15, -0.1) is 0 Å². The number of benzene rings is 2. The summed E-state index contributed by atoms with van der Waals surface area (Å²) in [6.07, 6.45) is -0.947. The number of alkyl halides is 2. The Hall–Kier alpha value is -4.07. The molecule has 0 bridgehead atoms. The lowest BCUT2D eigenvalue weighted by Crippen LogP contribution is -2.56. The summed E-state index contributed by atoms with van der Waals surface area (Å²) in [6.45, 7) is 13.1. The number of hydrogen-bond acceptors (Lipinski definition) is 5. The summed E-state index contributed by atoms with van der Waals surface area (Å²) in [6, 6.07) is 7.17. The van der Waals surface area contributed by atoms with Crippen LogP contribution in [0.2, 0.25) is 0 Å². The Balaban J connectivity index is 1.41. The number of rotatable bonds is 4. The van der Waals surface area contributed by atoms with Crippen molar-refractivity contribution in [3.63, 3.8) is 0 Å². The van der Waals surface area contributed by atoms with Gasteiger partial charge in [0.25, 0.3) is 6.43 Å². The normalized spacial score (nSPS) is 20.6. The predicted molar refractivity (Wildman–Crippen MR) is 147 cm³/mol. The molecule has 41 heavy (non-hydrogen) atoms. The zero-order chi connectivity index (χ0) is 29.1. The fourth-order valence-electron chi connectivity index (χ4n) is 5.92. The molecule has 3 heterocycles. The highest BCUT2D eigenvalue weighted by Crippen LogP contribution is 2.43. The number of halogens is 3. The van der Waals surface area contributed by atoms with Crippen molar-refractivity contribution in [1.29, 1.82) is 0 Å². The number of aryl methyl sites for hydroxylation is 2. The zero-order valence-electron chi connectivity index (χ0n) is 23.2. The molecule has 0 spiro atoms. The first-order valence-corrected chi connectivity index (χ1v) is 13.8. The van der Waals surface area contributed by atoms with Gasteiger partial charge in [-0.3, -0.25) is 14.6 Å². The number of hydrogen-bond donors (Lipinski definition) is 0. The fraction of sp³-hybridized carbons (Fsp3) is 0.467. The Kier molecular flexibility index (Phi) is 6.67. The first kappa shape index (κ1) is 27.1. The maximum atomic E-state index is 14.9. The van der Waals surface area contributed by atoms with Gasteiger partial charge in [0.2, 0.25) is 0 Å². The van der Waals surface area contributed by atoms with Crippen LogP contribution in [0.15, 0.2) is 35.3 Å². The molecule has 2 fully saturated rings. The Morgan fingerprint density at radius 2 is 2.00 bits per heavy atom. The van der Waals surface area contributed by atoms with Crippen molar-refractivity contribution in [1.82, 2.24) is 14.5 Å². The Morgan fingerprint density at radius 3 is 2.71 bits per heavy atom. The van der Waals surface area contributed by atoms with E-state index in [1.165, 1.54) is 12.1 Å². The highest BCUT2D eigenvalue weighted by atomic mass is 19.3. The second-order valence-corrected chi connectivity index (χ2v) is 11.1. The van der Waals surface area contributed by atoms with Gasteiger partial charge in [-0.2, -0.15) is 0 Å². The van der Waals surface area contributed by atoms with Crippen LogP contribution in [-0.4, -0.2) is 58.2 Å². The van der Waals surface area contributed by atoms with Crippen molar-refractivity contribution in [2.45, 2.75) is 57.2 Å². The van der Waals surface area contributed by atoms with Crippen molar-refractivity contribution in [3.8, 4) is 5.75 Å². The van der Waals surface area contributed by atoms with E-state index in [4.69, 9.17) is 21.3 Å². The maximum Gasteiger partial charge on any atom is 0.309 e. The van der Waals surface area contributed by atoms with Crippen LogP contribution in [0.25, 0.3) is 15.7 Å².